The van der Waals surface area contributed by atoms with Crippen LogP contribution in [0.3, 0.4) is 0 Å². The van der Waals surface area contributed by atoms with E-state index in [4.69, 9.17) is 5.73 Å². The van der Waals surface area contributed by atoms with Gasteiger partial charge in [0.15, 0.2) is 0 Å². The molecule has 2 N–H and O–H groups in total. The van der Waals surface area contributed by atoms with Gasteiger partial charge < -0.3 is 5.73 Å². The van der Waals surface area contributed by atoms with Crippen LogP contribution in [0.4, 0.5) is 0 Å². The zero-order valence-electron chi connectivity index (χ0n) is 6.59. The molecule has 1 unspecified atom stereocenters. The topological polar surface area (TPSA) is 29.3 Å². The Hall–Kier alpha value is -0.0800. The molecule has 2 aliphatic rings. The number of fused-ring (bicyclic) bond motifs is 2. The molecule has 0 aliphatic carbocycles. The van der Waals surface area contributed by atoms with Crippen LogP contribution in [0.5, 0.6) is 0 Å². The van der Waals surface area contributed by atoms with E-state index in [1.165, 1.54) is 25.7 Å². The van der Waals surface area contributed by atoms with Crippen LogP contribution in [0.15, 0.2) is 0 Å². The predicted octanol–water partition coefficient (Wildman–Crippen LogP) is 0.570. The Balaban J connectivity index is 2.13. The van der Waals surface area contributed by atoms with E-state index in [9.17, 15) is 0 Å². The molecule has 2 nitrogen and oxygen atoms in total. The highest BCUT2D eigenvalue weighted by atomic mass is 15.2. The lowest BCUT2D eigenvalue weighted by atomic mass is 9.99. The zero-order valence-corrected chi connectivity index (χ0v) is 6.59. The van der Waals surface area contributed by atoms with Gasteiger partial charge in [-0.15, -0.1) is 0 Å². The molecule has 0 spiro atoms. The van der Waals surface area contributed by atoms with E-state index in [0.717, 1.165) is 6.04 Å². The molecule has 10 heavy (non-hydrogen) atoms. The molecule has 0 aromatic rings. The van der Waals surface area contributed by atoms with Crippen molar-refractivity contribution in [2.75, 3.05) is 7.05 Å². The molecule has 2 rings (SSSR count). The maximum atomic E-state index is 5.96. The van der Waals surface area contributed by atoms with Gasteiger partial charge in [0.05, 0.1) is 0 Å². The highest BCUT2D eigenvalue weighted by molar-refractivity contribution is 4.96. The van der Waals surface area contributed by atoms with Crippen LogP contribution >= 0.6 is 0 Å². The summed E-state index contributed by atoms with van der Waals surface area (Å²) in [5.74, 6) is 0. The summed E-state index contributed by atoms with van der Waals surface area (Å²) in [6.45, 7) is 0. The second-order valence-electron chi connectivity index (χ2n) is 3.71. The molecule has 2 bridgehead atoms. The number of likely N-dealkylation sites (N-methyl/N-ethyl adjacent to an activating group) is 1. The second-order valence-corrected chi connectivity index (χ2v) is 3.71. The SMILES string of the molecule is CN1[C@H]2CCC(N)[C@@H]1CC2. The lowest BCUT2D eigenvalue weighted by Crippen LogP contribution is -2.48. The quantitative estimate of drug-likeness (QED) is 0.533. The molecular weight excluding hydrogens is 124 g/mol. The molecule has 0 amide bonds. The van der Waals surface area contributed by atoms with E-state index in [1.807, 2.05) is 0 Å². The van der Waals surface area contributed by atoms with Gasteiger partial charge in [0.25, 0.3) is 0 Å². The Morgan fingerprint density at radius 1 is 1.20 bits per heavy atom. The van der Waals surface area contributed by atoms with Crippen molar-refractivity contribution < 1.29 is 0 Å². The summed E-state index contributed by atoms with van der Waals surface area (Å²) in [6.07, 6.45) is 5.30. The summed E-state index contributed by atoms with van der Waals surface area (Å²) in [7, 11) is 2.22. The number of nitrogens with zero attached hydrogens (tertiary/aromatic N) is 1. The molecule has 0 aromatic carbocycles. The normalized spacial score (nSPS) is 48.0. The van der Waals surface area contributed by atoms with Gasteiger partial charge in [-0.2, -0.15) is 0 Å². The van der Waals surface area contributed by atoms with Crippen LogP contribution < -0.4 is 5.73 Å². The molecule has 2 heteroatoms. The zero-order chi connectivity index (χ0) is 7.14. The average Bonchev–Trinajstić information content (AvgIpc) is 2.13. The fraction of sp³-hybridized carbons (Fsp3) is 1.00. The van der Waals surface area contributed by atoms with Gasteiger partial charge in [-0.05, 0) is 32.7 Å². The van der Waals surface area contributed by atoms with E-state index >= 15 is 0 Å². The van der Waals surface area contributed by atoms with Crippen LogP contribution in [0, 0.1) is 0 Å². The maximum absolute atomic E-state index is 5.96. The first-order valence-corrected chi connectivity index (χ1v) is 4.26. The molecular formula is C8H16N2. The Morgan fingerprint density at radius 3 is 2.60 bits per heavy atom. The summed E-state index contributed by atoms with van der Waals surface area (Å²) in [4.78, 5) is 2.48. The molecule has 3 atom stereocenters. The molecule has 0 aromatic heterocycles. The van der Waals surface area contributed by atoms with Gasteiger partial charge in [-0.25, -0.2) is 0 Å². The number of hydrogen-bond donors (Lipinski definition) is 1. The standard InChI is InChI=1S/C8H16N2/c1-10-6-2-4-7(9)8(10)5-3-6/h6-8H,2-5,9H2,1H3/t6-,7?,8-/m0/s1. The molecule has 2 aliphatic heterocycles. The Kier molecular flexibility index (Phi) is 1.46. The largest absolute Gasteiger partial charge is 0.326 e. The fourth-order valence-corrected chi connectivity index (χ4v) is 2.48. The highest BCUT2D eigenvalue weighted by Crippen LogP contribution is 2.32. The number of nitrogens with two attached hydrogens (primary N) is 1. The van der Waals surface area contributed by atoms with Crippen molar-refractivity contribution in [1.29, 1.82) is 0 Å². The van der Waals surface area contributed by atoms with Crippen LogP contribution in [-0.2, 0) is 0 Å². The number of piperidine rings is 1. The molecule has 0 saturated carbocycles. The average molecular weight is 140 g/mol. The van der Waals surface area contributed by atoms with Gasteiger partial charge in [0.1, 0.15) is 0 Å². The summed E-state index contributed by atoms with van der Waals surface area (Å²) >= 11 is 0. The molecule has 2 fully saturated rings. The van der Waals surface area contributed by atoms with Gasteiger partial charge in [-0.3, -0.25) is 4.90 Å². The van der Waals surface area contributed by atoms with Crippen molar-refractivity contribution in [1.82, 2.24) is 4.90 Å². The monoisotopic (exact) mass is 140 g/mol. The third kappa shape index (κ3) is 0.789. The van der Waals surface area contributed by atoms with E-state index in [1.54, 1.807) is 0 Å². The minimum Gasteiger partial charge on any atom is -0.326 e. The van der Waals surface area contributed by atoms with E-state index in [0.29, 0.717) is 12.1 Å². The Morgan fingerprint density at radius 2 is 1.90 bits per heavy atom. The summed E-state index contributed by atoms with van der Waals surface area (Å²) < 4.78 is 0. The minimum atomic E-state index is 0.462. The van der Waals surface area contributed by atoms with E-state index < -0.39 is 0 Å². The Labute approximate surface area is 62.4 Å². The third-order valence-electron chi connectivity index (χ3n) is 3.22. The predicted molar refractivity (Wildman–Crippen MR) is 41.8 cm³/mol. The second kappa shape index (κ2) is 2.21. The number of rotatable bonds is 0. The highest BCUT2D eigenvalue weighted by Gasteiger charge is 2.37. The minimum absolute atomic E-state index is 0.462. The smallest absolute Gasteiger partial charge is 0.0247 e. The van der Waals surface area contributed by atoms with Crippen LogP contribution in [-0.4, -0.2) is 30.1 Å². The molecule has 58 valence electrons. The van der Waals surface area contributed by atoms with Crippen molar-refractivity contribution >= 4 is 0 Å². The van der Waals surface area contributed by atoms with Crippen LogP contribution in [0.2, 0.25) is 0 Å². The van der Waals surface area contributed by atoms with Gasteiger partial charge in [0.2, 0.25) is 0 Å². The Bertz CT molecular complexity index is 135. The third-order valence-corrected chi connectivity index (χ3v) is 3.22. The van der Waals surface area contributed by atoms with Crippen molar-refractivity contribution in [3.05, 3.63) is 0 Å². The van der Waals surface area contributed by atoms with Gasteiger partial charge in [0, 0.05) is 18.1 Å². The van der Waals surface area contributed by atoms with Gasteiger partial charge >= 0.3 is 0 Å². The first kappa shape index (κ1) is 6.62. The molecule has 2 saturated heterocycles. The summed E-state index contributed by atoms with van der Waals surface area (Å²) in [5.41, 5.74) is 5.96. The first-order chi connectivity index (χ1) is 4.79. The van der Waals surface area contributed by atoms with Crippen molar-refractivity contribution in [3.63, 3.8) is 0 Å². The van der Waals surface area contributed by atoms with Crippen molar-refractivity contribution in [2.24, 2.45) is 5.73 Å². The first-order valence-electron chi connectivity index (χ1n) is 4.26. The van der Waals surface area contributed by atoms with Crippen molar-refractivity contribution in [3.8, 4) is 0 Å². The van der Waals surface area contributed by atoms with E-state index in [2.05, 4.69) is 11.9 Å². The van der Waals surface area contributed by atoms with Crippen molar-refractivity contribution in [2.45, 2.75) is 43.8 Å². The van der Waals surface area contributed by atoms with Crippen LogP contribution in [0.1, 0.15) is 25.7 Å². The van der Waals surface area contributed by atoms with E-state index in [-0.39, 0.29) is 0 Å². The summed E-state index contributed by atoms with van der Waals surface area (Å²) in [6, 6.07) is 2.03. The summed E-state index contributed by atoms with van der Waals surface area (Å²) in [5, 5.41) is 0. The maximum Gasteiger partial charge on any atom is 0.0247 e. The van der Waals surface area contributed by atoms with Gasteiger partial charge in [-0.1, -0.05) is 0 Å². The fourth-order valence-electron chi connectivity index (χ4n) is 2.48. The molecule has 2 heterocycles. The number of hydrogen-bond acceptors (Lipinski definition) is 2. The van der Waals surface area contributed by atoms with Crippen LogP contribution in [0.25, 0.3) is 0 Å². The molecule has 0 radical (unpaired) electrons. The lowest BCUT2D eigenvalue weighted by molar-refractivity contribution is 0.158. The lowest BCUT2D eigenvalue weighted by Gasteiger charge is -2.35.